The Hall–Kier alpha value is -2.03. The number of rotatable bonds is 5. The third kappa shape index (κ3) is 3.96. The second-order valence-electron chi connectivity index (χ2n) is 8.20. The van der Waals surface area contributed by atoms with Crippen LogP contribution in [-0.4, -0.2) is 32.7 Å². The second-order valence-corrected chi connectivity index (χ2v) is 9.39. The molecule has 158 valence electrons. The lowest BCUT2D eigenvalue weighted by Crippen LogP contribution is -2.35. The van der Waals surface area contributed by atoms with E-state index in [1.165, 1.54) is 0 Å². The number of aromatic nitrogens is 4. The molecular weight excluding hydrogens is 468 g/mol. The molecule has 1 aliphatic carbocycles. The van der Waals surface area contributed by atoms with Gasteiger partial charge in [0, 0.05) is 36.6 Å². The highest BCUT2D eigenvalue weighted by atomic mass is 79.9. The number of amides is 1. The van der Waals surface area contributed by atoms with Crippen LogP contribution in [0.1, 0.15) is 37.6 Å². The predicted octanol–water partition coefficient (Wildman–Crippen LogP) is 3.79. The van der Waals surface area contributed by atoms with Gasteiger partial charge >= 0.3 is 0 Å². The first-order valence-corrected chi connectivity index (χ1v) is 11.1. The summed E-state index contributed by atoms with van der Waals surface area (Å²) in [6.45, 7) is 2.43. The lowest BCUT2D eigenvalue weighted by Gasteiger charge is -2.21. The summed E-state index contributed by atoms with van der Waals surface area (Å²) in [5.41, 5.74) is 7.93. The molecule has 1 saturated carbocycles. The summed E-state index contributed by atoms with van der Waals surface area (Å²) in [5, 5.41) is 8.80. The quantitative estimate of drug-likeness (QED) is 0.566. The number of halogens is 2. The normalized spacial score (nSPS) is 21.3. The zero-order chi connectivity index (χ0) is 21.5. The smallest absolute Gasteiger partial charge is 0.225 e. The number of hydrogen-bond acceptors (Lipinski definition) is 5. The monoisotopic (exact) mass is 490 g/mol. The van der Waals surface area contributed by atoms with Crippen LogP contribution >= 0.6 is 27.5 Å². The molecule has 4 rings (SSSR count). The molecule has 3 aromatic rings. The molecule has 1 amide bonds. The highest BCUT2D eigenvalue weighted by molar-refractivity contribution is 9.10. The zero-order valence-electron chi connectivity index (χ0n) is 17.0. The molecule has 1 fully saturated rings. The third-order valence-corrected chi connectivity index (χ3v) is 6.75. The van der Waals surface area contributed by atoms with Crippen molar-refractivity contribution in [3.8, 4) is 5.69 Å². The molecule has 0 spiro atoms. The summed E-state index contributed by atoms with van der Waals surface area (Å²) < 4.78 is 2.44. The average Bonchev–Trinajstić information content (AvgIpc) is 3.27. The van der Waals surface area contributed by atoms with E-state index in [2.05, 4.69) is 31.3 Å². The van der Waals surface area contributed by atoms with E-state index in [1.807, 2.05) is 25.1 Å². The van der Waals surface area contributed by atoms with Gasteiger partial charge in [0.05, 0.1) is 11.1 Å². The van der Waals surface area contributed by atoms with E-state index in [4.69, 9.17) is 22.3 Å². The number of nitrogens with one attached hydrogen (secondary N) is 1. The van der Waals surface area contributed by atoms with Crippen molar-refractivity contribution in [3.05, 3.63) is 45.4 Å². The second kappa shape index (κ2) is 8.24. The summed E-state index contributed by atoms with van der Waals surface area (Å²) in [6, 6.07) is 5.64. The van der Waals surface area contributed by atoms with Crippen molar-refractivity contribution in [1.29, 1.82) is 0 Å². The van der Waals surface area contributed by atoms with Crippen LogP contribution in [0.5, 0.6) is 0 Å². The van der Waals surface area contributed by atoms with E-state index in [0.717, 1.165) is 48.1 Å². The first kappa shape index (κ1) is 21.2. The van der Waals surface area contributed by atoms with Crippen LogP contribution in [-0.2, 0) is 17.8 Å². The van der Waals surface area contributed by atoms with Crippen molar-refractivity contribution in [2.45, 2.75) is 39.2 Å². The zero-order valence-corrected chi connectivity index (χ0v) is 19.3. The number of hydrogen-bond donors (Lipinski definition) is 2. The number of nitrogens with zero attached hydrogens (tertiary/aromatic N) is 4. The minimum atomic E-state index is -0.312. The Balaban J connectivity index is 1.66. The molecule has 0 radical (unpaired) electrons. The molecular formula is C21H24BrClN6O. The molecule has 3 N–H and O–H groups in total. The van der Waals surface area contributed by atoms with Crippen LogP contribution in [0.25, 0.3) is 16.7 Å². The Labute approximate surface area is 188 Å². The molecule has 30 heavy (non-hydrogen) atoms. The number of carbonyl (C=O) groups excluding carboxylic acids is 1. The standard InChI is InChI=1S/C21H24BrClN6O/c1-21(20(30)25-2)4-3-12(9-21)7-17-26-11-16-18(22)28-29(19(16)27-17)15-6-13(10-24)5-14(23)8-15/h5-6,8,11-12H,3-4,7,9-10,24H2,1-2H3,(H,25,30)/t12-,21+/m0/s1. The van der Waals surface area contributed by atoms with Crippen molar-refractivity contribution in [3.63, 3.8) is 0 Å². The molecule has 0 unspecified atom stereocenters. The minimum absolute atomic E-state index is 0.111. The van der Waals surface area contributed by atoms with Gasteiger partial charge in [-0.25, -0.2) is 14.6 Å². The van der Waals surface area contributed by atoms with Crippen LogP contribution < -0.4 is 11.1 Å². The molecule has 0 saturated heterocycles. The SMILES string of the molecule is CNC(=O)[C@]1(C)CC[C@@H](Cc2ncc3c(Br)nn(-c4cc(Cl)cc(CN)c4)c3n2)C1. The third-order valence-electron chi connectivity index (χ3n) is 5.94. The fourth-order valence-electron chi connectivity index (χ4n) is 4.36. The minimum Gasteiger partial charge on any atom is -0.359 e. The van der Waals surface area contributed by atoms with E-state index in [9.17, 15) is 4.79 Å². The van der Waals surface area contributed by atoms with Gasteiger partial charge in [-0.3, -0.25) is 4.79 Å². The maximum absolute atomic E-state index is 12.2. The van der Waals surface area contributed by atoms with E-state index < -0.39 is 0 Å². The molecule has 2 heterocycles. The van der Waals surface area contributed by atoms with Gasteiger partial charge in [0.15, 0.2) is 5.65 Å². The molecule has 9 heteroatoms. The van der Waals surface area contributed by atoms with Crippen molar-refractivity contribution >= 4 is 44.5 Å². The molecule has 1 aliphatic rings. The molecule has 1 aromatic carbocycles. The molecule has 7 nitrogen and oxygen atoms in total. The number of benzene rings is 1. The van der Waals surface area contributed by atoms with E-state index >= 15 is 0 Å². The van der Waals surface area contributed by atoms with Crippen molar-refractivity contribution in [1.82, 2.24) is 25.1 Å². The lowest BCUT2D eigenvalue weighted by molar-refractivity contribution is -0.129. The maximum atomic E-state index is 12.2. The largest absolute Gasteiger partial charge is 0.359 e. The van der Waals surface area contributed by atoms with Crippen molar-refractivity contribution < 1.29 is 4.79 Å². The van der Waals surface area contributed by atoms with Gasteiger partial charge in [0.2, 0.25) is 5.91 Å². The van der Waals surface area contributed by atoms with Gasteiger partial charge in [0.25, 0.3) is 0 Å². The highest BCUT2D eigenvalue weighted by Gasteiger charge is 2.40. The first-order chi connectivity index (χ1) is 14.3. The Morgan fingerprint density at radius 1 is 1.43 bits per heavy atom. The Morgan fingerprint density at radius 3 is 2.97 bits per heavy atom. The number of fused-ring (bicyclic) bond motifs is 1. The number of carbonyl (C=O) groups is 1. The Morgan fingerprint density at radius 2 is 2.23 bits per heavy atom. The molecule has 0 bridgehead atoms. The lowest BCUT2D eigenvalue weighted by atomic mass is 9.86. The van der Waals surface area contributed by atoms with Gasteiger partial charge in [-0.1, -0.05) is 18.5 Å². The van der Waals surface area contributed by atoms with Gasteiger partial charge < -0.3 is 11.1 Å². The summed E-state index contributed by atoms with van der Waals surface area (Å²) in [6.07, 6.45) is 5.24. The first-order valence-electron chi connectivity index (χ1n) is 9.95. The van der Waals surface area contributed by atoms with Crippen LogP contribution in [0.4, 0.5) is 0 Å². The van der Waals surface area contributed by atoms with Crippen LogP contribution in [0.2, 0.25) is 5.02 Å². The van der Waals surface area contributed by atoms with Gasteiger partial charge in [-0.15, -0.1) is 0 Å². The van der Waals surface area contributed by atoms with E-state index in [1.54, 1.807) is 17.9 Å². The highest BCUT2D eigenvalue weighted by Crippen LogP contribution is 2.42. The van der Waals surface area contributed by atoms with Crippen LogP contribution in [0.15, 0.2) is 29.0 Å². The topological polar surface area (TPSA) is 98.7 Å². The summed E-state index contributed by atoms with van der Waals surface area (Å²) in [4.78, 5) is 21.6. The van der Waals surface area contributed by atoms with Gasteiger partial charge in [-0.05, 0) is 64.9 Å². The molecule has 2 atom stereocenters. The molecule has 2 aromatic heterocycles. The summed E-state index contributed by atoms with van der Waals surface area (Å²) in [7, 11) is 1.70. The van der Waals surface area contributed by atoms with Gasteiger partial charge in [0.1, 0.15) is 10.4 Å². The van der Waals surface area contributed by atoms with E-state index in [-0.39, 0.29) is 11.3 Å². The number of nitrogens with two attached hydrogens (primary N) is 1. The fraction of sp³-hybridized carbons (Fsp3) is 0.429. The average molecular weight is 492 g/mol. The Bertz CT molecular complexity index is 1120. The van der Waals surface area contributed by atoms with Crippen molar-refractivity contribution in [2.75, 3.05) is 7.05 Å². The Kier molecular flexibility index (Phi) is 5.83. The summed E-state index contributed by atoms with van der Waals surface area (Å²) in [5.74, 6) is 1.24. The summed E-state index contributed by atoms with van der Waals surface area (Å²) >= 11 is 9.78. The molecule has 0 aliphatic heterocycles. The van der Waals surface area contributed by atoms with Crippen molar-refractivity contribution in [2.24, 2.45) is 17.1 Å². The fourth-order valence-corrected chi connectivity index (χ4v) is 5.05. The van der Waals surface area contributed by atoms with E-state index in [0.29, 0.717) is 27.7 Å². The maximum Gasteiger partial charge on any atom is 0.225 e. The van der Waals surface area contributed by atoms with Crippen LogP contribution in [0, 0.1) is 11.3 Å². The van der Waals surface area contributed by atoms with Gasteiger partial charge in [-0.2, -0.15) is 5.10 Å². The van der Waals surface area contributed by atoms with Crippen LogP contribution in [0.3, 0.4) is 0 Å². The predicted molar refractivity (Wildman–Crippen MR) is 120 cm³/mol.